The van der Waals surface area contributed by atoms with Crippen molar-refractivity contribution >= 4 is 23.1 Å². The number of carbonyl (C=O) groups excluding carboxylic acids is 1. The molecule has 9 nitrogen and oxygen atoms in total. The molecule has 0 saturated heterocycles. The lowest BCUT2D eigenvalue weighted by Gasteiger charge is -2.43. The summed E-state index contributed by atoms with van der Waals surface area (Å²) in [5.41, 5.74) is 8.88. The summed E-state index contributed by atoms with van der Waals surface area (Å²) in [6.45, 7) is 3.70. The molecule has 3 N–H and O–H groups in total. The van der Waals surface area contributed by atoms with Gasteiger partial charge in [0.25, 0.3) is 0 Å². The zero-order chi connectivity index (χ0) is 31.2. The van der Waals surface area contributed by atoms with Crippen molar-refractivity contribution in [1.29, 1.82) is 0 Å². The Morgan fingerprint density at radius 3 is 2.52 bits per heavy atom. The van der Waals surface area contributed by atoms with E-state index in [-0.39, 0.29) is 41.1 Å². The number of pyridine rings is 1. The van der Waals surface area contributed by atoms with Gasteiger partial charge in [-0.2, -0.15) is 9.61 Å². The van der Waals surface area contributed by atoms with E-state index in [2.05, 4.69) is 27.3 Å². The van der Waals surface area contributed by atoms with Gasteiger partial charge in [-0.05, 0) is 79.0 Å². The van der Waals surface area contributed by atoms with Gasteiger partial charge >= 0.3 is 0 Å². The minimum Gasteiger partial charge on any atom is -0.374 e. The van der Waals surface area contributed by atoms with E-state index in [1.807, 2.05) is 13.1 Å². The number of methoxy groups -OCH3 is 1. The fourth-order valence-corrected chi connectivity index (χ4v) is 7.43. The van der Waals surface area contributed by atoms with Crippen LogP contribution in [0, 0.1) is 17.6 Å². The van der Waals surface area contributed by atoms with Crippen LogP contribution in [0.5, 0.6) is 0 Å². The highest BCUT2D eigenvalue weighted by molar-refractivity contribution is 5.73. The van der Waals surface area contributed by atoms with Gasteiger partial charge in [0.15, 0.2) is 0 Å². The van der Waals surface area contributed by atoms with Crippen molar-refractivity contribution in [1.82, 2.24) is 24.5 Å². The molecule has 44 heavy (non-hydrogen) atoms. The molecule has 0 radical (unpaired) electrons. The van der Waals surface area contributed by atoms with Gasteiger partial charge < -0.3 is 20.7 Å². The molecular formula is C33H39F2N7O2. The summed E-state index contributed by atoms with van der Waals surface area (Å²) in [7, 11) is 3.41. The second-order valence-corrected chi connectivity index (χ2v) is 12.4. The van der Waals surface area contributed by atoms with Crippen molar-refractivity contribution in [2.75, 3.05) is 19.5 Å². The van der Waals surface area contributed by atoms with E-state index in [1.165, 1.54) is 12.1 Å². The maximum atomic E-state index is 15.6. The van der Waals surface area contributed by atoms with Crippen LogP contribution >= 0.6 is 0 Å². The summed E-state index contributed by atoms with van der Waals surface area (Å²) in [5.74, 6) is -0.650. The third-order valence-corrected chi connectivity index (χ3v) is 9.73. The van der Waals surface area contributed by atoms with Crippen LogP contribution in [0.1, 0.15) is 69.4 Å². The standard InChI is InChI=1S/C33H39F2N7O2/c1-19-13-21(14-27(36)31(19)41(3)20(2)43)24-9-12-37-18-29(24)39-32-38-17-23-7-8-28(40-42(23)32)30-25(34)15-22(16-26(30)35)33(44-4)10-5-6-11-33/h7-9,12,15-19,21,27,31H,5-6,10-11,13-14,36H2,1-4H3,(H,38,39)/t19-,21+,27+,31-/m0/s1. The summed E-state index contributed by atoms with van der Waals surface area (Å²) in [6, 6.07) is 7.84. The number of likely N-dealkylation sites (N-methyl/N-ethyl adjacent to an activating group) is 1. The Hall–Kier alpha value is -3.96. The van der Waals surface area contributed by atoms with Crippen molar-refractivity contribution in [2.45, 2.75) is 76.0 Å². The highest BCUT2D eigenvalue weighted by atomic mass is 19.1. The number of fused-ring (bicyclic) bond motifs is 1. The Bertz CT molecular complexity index is 1650. The van der Waals surface area contributed by atoms with E-state index in [1.54, 1.807) is 54.2 Å². The quantitative estimate of drug-likeness (QED) is 0.270. The van der Waals surface area contributed by atoms with Crippen molar-refractivity contribution < 1.29 is 18.3 Å². The number of nitrogens with two attached hydrogens (primary N) is 1. The largest absolute Gasteiger partial charge is 0.374 e. The normalized spacial score (nSPS) is 23.2. The van der Waals surface area contributed by atoms with Gasteiger partial charge in [-0.1, -0.05) is 19.8 Å². The molecule has 2 aliphatic rings. The first-order valence-electron chi connectivity index (χ1n) is 15.2. The smallest absolute Gasteiger partial charge is 0.229 e. The SMILES string of the molecule is COC1(c2cc(F)c(-c3ccc4cnc(Nc5cnccc5[C@H]5C[C@@H](N)[C@@H](N(C)C(C)=O)[C@@H](C)C5)n4n3)c(F)c2)CCCC1. The third-order valence-electron chi connectivity index (χ3n) is 9.73. The minimum absolute atomic E-state index is 0.00323. The summed E-state index contributed by atoms with van der Waals surface area (Å²) in [5, 5.41) is 7.96. The first-order chi connectivity index (χ1) is 21.1. The molecular weight excluding hydrogens is 564 g/mol. The van der Waals surface area contributed by atoms with E-state index in [4.69, 9.17) is 10.5 Å². The van der Waals surface area contributed by atoms with E-state index in [9.17, 15) is 4.79 Å². The number of nitrogens with zero attached hydrogens (tertiary/aromatic N) is 5. The minimum atomic E-state index is -0.684. The number of carbonyl (C=O) groups is 1. The Balaban J connectivity index is 1.30. The van der Waals surface area contributed by atoms with E-state index in [0.29, 0.717) is 23.4 Å². The molecule has 4 aromatic rings. The van der Waals surface area contributed by atoms with E-state index in [0.717, 1.165) is 43.4 Å². The lowest BCUT2D eigenvalue weighted by atomic mass is 9.73. The number of halogens is 2. The second kappa shape index (κ2) is 11.9. The summed E-state index contributed by atoms with van der Waals surface area (Å²) in [6.07, 6.45) is 10.0. The number of ether oxygens (including phenoxy) is 1. The maximum Gasteiger partial charge on any atom is 0.229 e. The average Bonchev–Trinajstić information content (AvgIpc) is 3.65. The molecule has 0 aliphatic heterocycles. The first kappa shape index (κ1) is 30.1. The molecule has 6 rings (SSSR count). The molecule has 11 heteroatoms. The number of hydrogen-bond donors (Lipinski definition) is 2. The van der Waals surface area contributed by atoms with Gasteiger partial charge in [-0.15, -0.1) is 0 Å². The van der Waals surface area contributed by atoms with Crippen molar-refractivity contribution in [3.05, 3.63) is 71.7 Å². The van der Waals surface area contributed by atoms with Crippen molar-refractivity contribution in [3.63, 3.8) is 0 Å². The predicted octanol–water partition coefficient (Wildman–Crippen LogP) is 5.92. The number of anilines is 2. The molecule has 0 spiro atoms. The Morgan fingerprint density at radius 1 is 1.14 bits per heavy atom. The molecule has 0 unspecified atom stereocenters. The second-order valence-electron chi connectivity index (χ2n) is 12.4. The highest BCUT2D eigenvalue weighted by Crippen LogP contribution is 2.44. The molecule has 1 amide bonds. The van der Waals surface area contributed by atoms with Gasteiger partial charge in [0.2, 0.25) is 11.9 Å². The molecule has 232 valence electrons. The summed E-state index contributed by atoms with van der Waals surface area (Å²) in [4.78, 5) is 22.7. The third kappa shape index (κ3) is 5.32. The number of hydrogen-bond acceptors (Lipinski definition) is 7. The lowest BCUT2D eigenvalue weighted by molar-refractivity contribution is -0.131. The Morgan fingerprint density at radius 2 is 1.86 bits per heavy atom. The van der Waals surface area contributed by atoms with Crippen LogP contribution in [-0.2, 0) is 15.1 Å². The van der Waals surface area contributed by atoms with Gasteiger partial charge in [0.1, 0.15) is 11.6 Å². The number of aromatic nitrogens is 4. The topological polar surface area (TPSA) is 111 Å². The van der Waals surface area contributed by atoms with Crippen LogP contribution < -0.4 is 11.1 Å². The van der Waals surface area contributed by atoms with Gasteiger partial charge in [0, 0.05) is 39.4 Å². The monoisotopic (exact) mass is 603 g/mol. The predicted molar refractivity (Wildman–Crippen MR) is 164 cm³/mol. The molecule has 3 aromatic heterocycles. The van der Waals surface area contributed by atoms with Crippen molar-refractivity contribution in [2.24, 2.45) is 11.7 Å². The van der Waals surface area contributed by atoms with Crippen LogP contribution in [-0.4, -0.2) is 56.6 Å². The fourth-order valence-electron chi connectivity index (χ4n) is 7.43. The number of nitrogens with one attached hydrogen (secondary N) is 1. The van der Waals surface area contributed by atoms with Gasteiger partial charge in [0.05, 0.1) is 40.5 Å². The number of amides is 1. The average molecular weight is 604 g/mol. The van der Waals surface area contributed by atoms with Crippen LogP contribution in [0.25, 0.3) is 16.8 Å². The summed E-state index contributed by atoms with van der Waals surface area (Å²) < 4.78 is 38.4. The van der Waals surface area contributed by atoms with Crippen LogP contribution in [0.3, 0.4) is 0 Å². The maximum absolute atomic E-state index is 15.6. The molecule has 3 heterocycles. The number of imidazole rings is 1. The van der Waals surface area contributed by atoms with Crippen molar-refractivity contribution in [3.8, 4) is 11.3 Å². The van der Waals surface area contributed by atoms with Gasteiger partial charge in [-0.3, -0.25) is 9.78 Å². The number of rotatable bonds is 7. The molecule has 1 aromatic carbocycles. The molecule has 2 saturated carbocycles. The van der Waals surface area contributed by atoms with Crippen LogP contribution in [0.2, 0.25) is 0 Å². The van der Waals surface area contributed by atoms with E-state index < -0.39 is 17.2 Å². The Kier molecular flexibility index (Phi) is 8.10. The molecule has 2 aliphatic carbocycles. The first-order valence-corrected chi connectivity index (χ1v) is 15.2. The molecule has 2 fully saturated rings. The Labute approximate surface area is 255 Å². The number of benzene rings is 1. The zero-order valence-electron chi connectivity index (χ0n) is 25.6. The van der Waals surface area contributed by atoms with E-state index >= 15 is 8.78 Å². The van der Waals surface area contributed by atoms with Crippen LogP contribution in [0.15, 0.2) is 48.9 Å². The van der Waals surface area contributed by atoms with Gasteiger partial charge in [-0.25, -0.2) is 13.8 Å². The van der Waals surface area contributed by atoms with Crippen LogP contribution in [0.4, 0.5) is 20.4 Å². The highest BCUT2D eigenvalue weighted by Gasteiger charge is 2.39. The fraction of sp³-hybridized carbons (Fsp3) is 0.455. The lowest BCUT2D eigenvalue weighted by Crippen LogP contribution is -2.54. The summed E-state index contributed by atoms with van der Waals surface area (Å²) >= 11 is 0. The zero-order valence-corrected chi connectivity index (χ0v) is 25.6. The molecule has 4 atom stereocenters. The molecule has 0 bridgehead atoms.